The Morgan fingerprint density at radius 1 is 0.194 bits per heavy atom. The normalized spacial score (nSPS) is 12.4. The third-order valence-electron chi connectivity index (χ3n) is 13.2. The van der Waals surface area contributed by atoms with Gasteiger partial charge < -0.3 is 9.97 Å². The first-order chi connectivity index (χ1) is 35.5. The molecule has 2 aliphatic heterocycles. The van der Waals surface area contributed by atoms with Crippen molar-refractivity contribution in [3.8, 4) is 45.6 Å². The van der Waals surface area contributed by atoms with Gasteiger partial charge in [-0.3, -0.25) is 39.9 Å². The van der Waals surface area contributed by atoms with Crippen molar-refractivity contribution in [2.24, 2.45) is 0 Å². The van der Waals surface area contributed by atoms with Gasteiger partial charge in [0.05, 0.1) is 133 Å². The Hall–Kier alpha value is -10.8. The van der Waals surface area contributed by atoms with Gasteiger partial charge in [0, 0.05) is 49.6 Å². The summed E-state index contributed by atoms with van der Waals surface area (Å²) in [6.07, 6.45) is 13.3. The molecule has 0 fully saturated rings. The molecule has 2 N–H and O–H groups in total. The lowest BCUT2D eigenvalue weighted by Crippen LogP contribution is -1.92. The SMILES string of the molecule is c1cnc2cc3nc4c(nc3cc2n1)-c1cc2[nH]c(cc3nc(cc5[nH]c(cc-4n1)c1nc4cc6nccnc6cc4nc51)-c1nc4cc5nccnc5cc4nc1-3)c1nc3cc4nccnc4cc3nc21. The van der Waals surface area contributed by atoms with Crippen LogP contribution in [0.15, 0.2) is 122 Å². The van der Waals surface area contributed by atoms with Crippen molar-refractivity contribution in [1.29, 1.82) is 0 Å². The number of nitrogens with one attached hydrogen (secondary N) is 2. The van der Waals surface area contributed by atoms with Crippen molar-refractivity contribution in [2.75, 3.05) is 0 Å². The molecular weight excluding hydrogens is 905 g/mol. The minimum absolute atomic E-state index is 0.536. The lowest BCUT2D eigenvalue weighted by atomic mass is 10.1. The monoisotopic (exact) mass is 926 g/mol. The standard InChI is InChI=1S/C52H22N20/c1-2-54-22-10-30-29(9-21(22)53-1)65-45-37-17-39-47-49(69-32-12-24-23(11-31(32)67-47)55-3-4-56-24)41(62-39)19-43-51-52(72-36-16-28-27(15-35(36)71-51)59-7-8-60-28)44(64-43)20-42-50-48(40(63-42)18-38(61-37)46(45)66-30)68-33-13-25-26(14-34(33)70-50)58-6-5-57-25/h1-20,61,64H. The Morgan fingerprint density at radius 3 is 0.597 bits per heavy atom. The Morgan fingerprint density at radius 2 is 0.389 bits per heavy atom. The molecule has 8 bridgehead atoms. The molecule has 4 aromatic carbocycles. The number of hydrogen-bond donors (Lipinski definition) is 2. The van der Waals surface area contributed by atoms with Crippen LogP contribution in [0.5, 0.6) is 0 Å². The van der Waals surface area contributed by atoms with Crippen LogP contribution in [0.1, 0.15) is 0 Å². The maximum absolute atomic E-state index is 5.31. The minimum Gasteiger partial charge on any atom is -0.352 e. The molecule has 15 aromatic rings. The highest BCUT2D eigenvalue weighted by Gasteiger charge is 2.26. The van der Waals surface area contributed by atoms with Crippen molar-refractivity contribution in [1.82, 2.24) is 99.7 Å². The van der Waals surface area contributed by atoms with Crippen LogP contribution in [0, 0.1) is 0 Å². The summed E-state index contributed by atoms with van der Waals surface area (Å²) in [5.41, 5.74) is 19.8. The quantitative estimate of drug-likeness (QED) is 0.134. The molecule has 11 aromatic heterocycles. The van der Waals surface area contributed by atoms with E-state index in [4.69, 9.17) is 49.8 Å². The third kappa shape index (κ3) is 5.38. The van der Waals surface area contributed by atoms with Gasteiger partial charge >= 0.3 is 0 Å². The van der Waals surface area contributed by atoms with Crippen LogP contribution in [-0.2, 0) is 0 Å². The summed E-state index contributed by atoms with van der Waals surface area (Å²) in [5, 5.41) is 0. The minimum atomic E-state index is 0.536. The van der Waals surface area contributed by atoms with E-state index in [1.165, 1.54) is 0 Å². The zero-order chi connectivity index (χ0) is 46.8. The molecule has 0 amide bonds. The summed E-state index contributed by atoms with van der Waals surface area (Å²) in [4.78, 5) is 96.3. The smallest absolute Gasteiger partial charge is 0.117 e. The number of aromatic amines is 2. The van der Waals surface area contributed by atoms with Gasteiger partial charge in [0.2, 0.25) is 0 Å². The summed E-state index contributed by atoms with van der Waals surface area (Å²) in [6.45, 7) is 0. The van der Waals surface area contributed by atoms with Crippen molar-refractivity contribution in [3.63, 3.8) is 0 Å². The molecule has 72 heavy (non-hydrogen) atoms. The highest BCUT2D eigenvalue weighted by atomic mass is 15.0. The largest absolute Gasteiger partial charge is 0.352 e. The highest BCUT2D eigenvalue weighted by Crippen LogP contribution is 2.40. The highest BCUT2D eigenvalue weighted by molar-refractivity contribution is 6.10. The first-order valence-electron chi connectivity index (χ1n) is 22.6. The van der Waals surface area contributed by atoms with Gasteiger partial charge in [-0.15, -0.1) is 0 Å². The summed E-state index contributed by atoms with van der Waals surface area (Å²) in [6, 6.07) is 22.9. The number of benzene rings is 4. The number of H-pyrrole nitrogens is 2. The zero-order valence-corrected chi connectivity index (χ0v) is 36.6. The molecule has 0 saturated carbocycles. The van der Waals surface area contributed by atoms with E-state index >= 15 is 0 Å². The average molecular weight is 927 g/mol. The third-order valence-corrected chi connectivity index (χ3v) is 13.2. The summed E-state index contributed by atoms with van der Waals surface area (Å²) in [7, 11) is 0. The fourth-order valence-corrected chi connectivity index (χ4v) is 9.89. The Labute approximate surface area is 398 Å². The number of hydrogen-bond acceptors (Lipinski definition) is 18. The molecule has 0 radical (unpaired) electrons. The fourth-order valence-electron chi connectivity index (χ4n) is 9.89. The molecule has 0 saturated heterocycles. The van der Waals surface area contributed by atoms with Crippen LogP contribution in [0.25, 0.3) is 178 Å². The maximum atomic E-state index is 5.31. The van der Waals surface area contributed by atoms with E-state index < -0.39 is 0 Å². The predicted molar refractivity (Wildman–Crippen MR) is 270 cm³/mol. The second kappa shape index (κ2) is 13.5. The van der Waals surface area contributed by atoms with Crippen molar-refractivity contribution in [3.05, 3.63) is 122 Å². The first-order valence-corrected chi connectivity index (χ1v) is 22.6. The van der Waals surface area contributed by atoms with Crippen LogP contribution in [0.2, 0.25) is 0 Å². The van der Waals surface area contributed by atoms with E-state index in [9.17, 15) is 0 Å². The number of aromatic nitrogens is 20. The van der Waals surface area contributed by atoms with Gasteiger partial charge in [0.25, 0.3) is 0 Å². The van der Waals surface area contributed by atoms with Crippen LogP contribution in [0.4, 0.5) is 0 Å². The fraction of sp³-hybridized carbons (Fsp3) is 0. The Kier molecular flexibility index (Phi) is 6.97. The van der Waals surface area contributed by atoms with E-state index in [0.717, 1.165) is 0 Å². The number of rotatable bonds is 0. The van der Waals surface area contributed by atoms with Gasteiger partial charge in [-0.2, -0.15) is 0 Å². The predicted octanol–water partition coefficient (Wildman–Crippen LogP) is 8.83. The van der Waals surface area contributed by atoms with E-state index in [1.54, 1.807) is 49.6 Å². The molecule has 0 atom stereocenters. The molecule has 20 heteroatoms. The van der Waals surface area contributed by atoms with Crippen molar-refractivity contribution < 1.29 is 0 Å². The molecule has 17 rings (SSSR count). The Bertz CT molecular complexity index is 4570. The molecule has 0 spiro atoms. The van der Waals surface area contributed by atoms with E-state index in [1.807, 2.05) is 72.8 Å². The molecule has 0 unspecified atom stereocenters. The van der Waals surface area contributed by atoms with Crippen LogP contribution < -0.4 is 0 Å². The Balaban J connectivity index is 1.04. The summed E-state index contributed by atoms with van der Waals surface area (Å²) < 4.78 is 0. The van der Waals surface area contributed by atoms with Gasteiger partial charge in [-0.1, -0.05) is 0 Å². The van der Waals surface area contributed by atoms with Gasteiger partial charge in [-0.25, -0.2) is 49.8 Å². The van der Waals surface area contributed by atoms with E-state index in [2.05, 4.69) is 49.8 Å². The van der Waals surface area contributed by atoms with Crippen molar-refractivity contribution in [2.45, 2.75) is 0 Å². The molecular formula is C52H22N20. The van der Waals surface area contributed by atoms with Crippen LogP contribution in [-0.4, -0.2) is 99.7 Å². The molecule has 20 nitrogen and oxygen atoms in total. The van der Waals surface area contributed by atoms with Gasteiger partial charge in [0.1, 0.15) is 44.8 Å². The van der Waals surface area contributed by atoms with Crippen LogP contribution >= 0.6 is 0 Å². The lowest BCUT2D eigenvalue weighted by molar-refractivity contribution is 1.28. The molecule has 330 valence electrons. The van der Waals surface area contributed by atoms with E-state index in [0.29, 0.717) is 178 Å². The summed E-state index contributed by atoms with van der Waals surface area (Å²) in [5.74, 6) is 0. The number of fused-ring (bicyclic) bond motifs is 28. The van der Waals surface area contributed by atoms with Crippen LogP contribution in [0.3, 0.4) is 0 Å². The van der Waals surface area contributed by atoms with E-state index in [-0.39, 0.29) is 0 Å². The molecule has 13 heterocycles. The lowest BCUT2D eigenvalue weighted by Gasteiger charge is -2.04. The average Bonchev–Trinajstić information content (AvgIpc) is 4.12. The maximum Gasteiger partial charge on any atom is 0.117 e. The second-order valence-electron chi connectivity index (χ2n) is 17.5. The second-order valence-corrected chi connectivity index (χ2v) is 17.5. The topological polar surface area (TPSA) is 264 Å². The number of nitrogens with zero attached hydrogens (tertiary/aromatic N) is 18. The summed E-state index contributed by atoms with van der Waals surface area (Å²) >= 11 is 0. The molecule has 0 aliphatic carbocycles. The molecule has 2 aliphatic rings. The van der Waals surface area contributed by atoms with Gasteiger partial charge in [-0.05, 0) is 72.8 Å². The van der Waals surface area contributed by atoms with Crippen molar-refractivity contribution >= 4 is 132 Å². The zero-order valence-electron chi connectivity index (χ0n) is 36.6. The first kappa shape index (κ1) is 37.2. The van der Waals surface area contributed by atoms with Gasteiger partial charge in [0.15, 0.2) is 0 Å².